The van der Waals surface area contributed by atoms with Crippen LogP contribution >= 0.6 is 0 Å². The van der Waals surface area contributed by atoms with Crippen LogP contribution in [0.2, 0.25) is 0 Å². The first-order valence-corrected chi connectivity index (χ1v) is 5.24. The minimum atomic E-state index is -3.57. The molecule has 0 bridgehead atoms. The molecular weight excluding hydrogens is 196 g/mol. The summed E-state index contributed by atoms with van der Waals surface area (Å²) in [6, 6.07) is 0. The number of hydrogen-bond acceptors (Lipinski definition) is 4. The normalized spacial score (nSPS) is 12.3. The van der Waals surface area contributed by atoms with Gasteiger partial charge in [0.05, 0.1) is 5.25 Å². The lowest BCUT2D eigenvalue weighted by atomic mass is 10.6. The van der Waals surface area contributed by atoms with Crippen LogP contribution in [0, 0.1) is 0 Å². The van der Waals surface area contributed by atoms with E-state index in [1.165, 1.54) is 20.9 Å². The van der Waals surface area contributed by atoms with Crippen LogP contribution in [0.3, 0.4) is 0 Å². The molecule has 1 aromatic heterocycles. The van der Waals surface area contributed by atoms with Gasteiger partial charge < -0.3 is 0 Å². The number of sulfone groups is 1. The second-order valence-electron chi connectivity index (χ2n) is 2.92. The van der Waals surface area contributed by atoms with Crippen molar-refractivity contribution in [3.63, 3.8) is 0 Å². The summed E-state index contributed by atoms with van der Waals surface area (Å²) < 4.78 is 28.5. The van der Waals surface area contributed by atoms with Gasteiger partial charge in [-0.15, -0.1) is 4.63 Å². The fourth-order valence-electron chi connectivity index (χ4n) is 0.870. The van der Waals surface area contributed by atoms with Gasteiger partial charge in [-0.3, -0.25) is 0 Å². The lowest BCUT2D eigenvalue weighted by molar-refractivity contribution is -0.882. The van der Waals surface area contributed by atoms with E-state index in [9.17, 15) is 13.2 Å². The van der Waals surface area contributed by atoms with Crippen molar-refractivity contribution in [1.29, 1.82) is 0 Å². The minimum Gasteiger partial charge on any atom is -0.232 e. The van der Waals surface area contributed by atoms with E-state index in [2.05, 4.69) is 4.63 Å². The molecule has 0 aromatic carbocycles. The number of nitrogens with one attached hydrogen (secondary N) is 1. The Kier molecular flexibility index (Phi) is 2.29. The van der Waals surface area contributed by atoms with Crippen LogP contribution in [0.5, 0.6) is 0 Å². The SMILES string of the molecule is CC(C)S(=O)(=O)c1c(=O)[nH]o[n+]1C. The molecule has 0 saturated carbocycles. The molecule has 1 heterocycles. The highest BCUT2D eigenvalue weighted by Crippen LogP contribution is 2.06. The van der Waals surface area contributed by atoms with Crippen molar-refractivity contribution < 1.29 is 17.8 Å². The highest BCUT2D eigenvalue weighted by Gasteiger charge is 2.33. The maximum absolute atomic E-state index is 11.5. The first-order chi connectivity index (χ1) is 5.87. The number of aromatic amines is 1. The van der Waals surface area contributed by atoms with Crippen molar-refractivity contribution in [3.8, 4) is 0 Å². The first kappa shape index (κ1) is 9.97. The van der Waals surface area contributed by atoms with Crippen LogP contribution < -0.4 is 10.3 Å². The van der Waals surface area contributed by atoms with Gasteiger partial charge in [0.25, 0.3) is 0 Å². The number of aromatic nitrogens is 2. The zero-order chi connectivity index (χ0) is 10.2. The zero-order valence-electron chi connectivity index (χ0n) is 7.57. The Morgan fingerprint density at radius 3 is 2.31 bits per heavy atom. The van der Waals surface area contributed by atoms with Crippen LogP contribution in [-0.4, -0.2) is 18.8 Å². The van der Waals surface area contributed by atoms with Crippen molar-refractivity contribution >= 4 is 9.84 Å². The highest BCUT2D eigenvalue weighted by molar-refractivity contribution is 7.91. The smallest absolute Gasteiger partial charge is 0.232 e. The molecule has 0 aliphatic rings. The van der Waals surface area contributed by atoms with E-state index in [0.717, 1.165) is 4.74 Å². The molecule has 1 aromatic rings. The highest BCUT2D eigenvalue weighted by atomic mass is 32.2. The third-order valence-corrected chi connectivity index (χ3v) is 3.87. The van der Waals surface area contributed by atoms with E-state index in [1.54, 1.807) is 0 Å². The molecule has 1 N–H and O–H groups in total. The van der Waals surface area contributed by atoms with E-state index in [4.69, 9.17) is 0 Å². The van der Waals surface area contributed by atoms with Crippen molar-refractivity contribution in [1.82, 2.24) is 5.16 Å². The molecule has 0 aliphatic carbocycles. The van der Waals surface area contributed by atoms with Crippen LogP contribution in [0.15, 0.2) is 14.4 Å². The molecule has 74 valence electrons. The lowest BCUT2D eigenvalue weighted by Gasteiger charge is -2.00. The average molecular weight is 207 g/mol. The standard InChI is InChI=1S/C6H10N2O4S/c1-4(2)13(10,11)6-5(9)7-12-8(6)3/h4H,1-3H3/p+1. The van der Waals surface area contributed by atoms with Crippen LogP contribution in [0.1, 0.15) is 13.8 Å². The summed E-state index contributed by atoms with van der Waals surface area (Å²) in [4.78, 5) is 11.0. The molecule has 1 rings (SSSR count). The Morgan fingerprint density at radius 1 is 1.46 bits per heavy atom. The van der Waals surface area contributed by atoms with E-state index in [1.807, 2.05) is 5.16 Å². The Hall–Kier alpha value is -1.11. The fourth-order valence-corrected chi connectivity index (χ4v) is 2.01. The Bertz CT molecular complexity index is 453. The van der Waals surface area contributed by atoms with Crippen molar-refractivity contribution in [3.05, 3.63) is 10.4 Å². The summed E-state index contributed by atoms with van der Waals surface area (Å²) in [6.07, 6.45) is 0. The van der Waals surface area contributed by atoms with Gasteiger partial charge in [-0.1, -0.05) is 0 Å². The third kappa shape index (κ3) is 1.51. The third-order valence-electron chi connectivity index (χ3n) is 1.65. The Balaban J connectivity index is 3.48. The van der Waals surface area contributed by atoms with E-state index < -0.39 is 20.6 Å². The molecule has 0 aliphatic heterocycles. The topological polar surface area (TPSA) is 84.0 Å². The summed E-state index contributed by atoms with van der Waals surface area (Å²) in [6.45, 7) is 3.00. The van der Waals surface area contributed by atoms with Crippen LogP contribution in [-0.2, 0) is 16.9 Å². The molecule has 0 spiro atoms. The van der Waals surface area contributed by atoms with Gasteiger partial charge in [-0.25, -0.2) is 13.2 Å². The van der Waals surface area contributed by atoms with E-state index >= 15 is 0 Å². The van der Waals surface area contributed by atoms with Gasteiger partial charge in [-0.2, -0.15) is 0 Å². The zero-order valence-corrected chi connectivity index (χ0v) is 8.38. The first-order valence-electron chi connectivity index (χ1n) is 3.69. The number of H-pyrrole nitrogens is 1. The Morgan fingerprint density at radius 2 is 2.00 bits per heavy atom. The monoisotopic (exact) mass is 207 g/mol. The maximum atomic E-state index is 11.5. The number of nitrogens with zero attached hydrogens (tertiary/aromatic N) is 1. The van der Waals surface area contributed by atoms with Crippen LogP contribution in [0.4, 0.5) is 0 Å². The molecule has 13 heavy (non-hydrogen) atoms. The average Bonchev–Trinajstić information content (AvgIpc) is 2.30. The number of hydrogen-bond donors (Lipinski definition) is 1. The molecule has 0 radical (unpaired) electrons. The van der Waals surface area contributed by atoms with Gasteiger partial charge in [0.15, 0.2) is 0 Å². The predicted molar refractivity (Wildman–Crippen MR) is 42.8 cm³/mol. The van der Waals surface area contributed by atoms with E-state index in [0.29, 0.717) is 0 Å². The summed E-state index contributed by atoms with van der Waals surface area (Å²) in [7, 11) is -2.22. The van der Waals surface area contributed by atoms with Crippen molar-refractivity contribution in [2.75, 3.05) is 0 Å². The molecule has 0 fully saturated rings. The molecular formula is C6H11N2O4S+. The minimum absolute atomic E-state index is 0.345. The molecule has 6 nitrogen and oxygen atoms in total. The quantitative estimate of drug-likeness (QED) is 0.629. The van der Waals surface area contributed by atoms with Gasteiger partial charge >= 0.3 is 10.6 Å². The second-order valence-corrected chi connectivity index (χ2v) is 5.34. The van der Waals surface area contributed by atoms with Gasteiger partial charge in [0.1, 0.15) is 7.05 Å². The summed E-state index contributed by atoms with van der Waals surface area (Å²) >= 11 is 0. The van der Waals surface area contributed by atoms with Gasteiger partial charge in [-0.05, 0) is 23.7 Å². The molecule has 0 amide bonds. The van der Waals surface area contributed by atoms with Gasteiger partial charge in [0.2, 0.25) is 9.84 Å². The van der Waals surface area contributed by atoms with Crippen molar-refractivity contribution in [2.24, 2.45) is 7.05 Å². The summed E-state index contributed by atoms with van der Waals surface area (Å²) in [5.74, 6) is 0. The lowest BCUT2D eigenvalue weighted by Crippen LogP contribution is -2.38. The fraction of sp³-hybridized carbons (Fsp3) is 0.667. The maximum Gasteiger partial charge on any atom is 0.428 e. The molecule has 7 heteroatoms. The summed E-state index contributed by atoms with van der Waals surface area (Å²) in [5, 5.41) is 0.965. The van der Waals surface area contributed by atoms with Crippen LogP contribution in [0.25, 0.3) is 0 Å². The van der Waals surface area contributed by atoms with Gasteiger partial charge in [0, 0.05) is 0 Å². The predicted octanol–water partition coefficient (Wildman–Crippen LogP) is -1.03. The molecule has 0 saturated heterocycles. The largest absolute Gasteiger partial charge is 0.428 e. The van der Waals surface area contributed by atoms with E-state index in [-0.39, 0.29) is 5.03 Å². The van der Waals surface area contributed by atoms with Crippen molar-refractivity contribution in [2.45, 2.75) is 24.1 Å². The molecule has 0 atom stereocenters. The number of aryl methyl sites for hydroxylation is 1. The Labute approximate surface area is 75.0 Å². The second kappa shape index (κ2) is 2.99. The molecule has 0 unspecified atom stereocenters. The summed E-state index contributed by atoms with van der Waals surface area (Å²) in [5.41, 5.74) is -0.726. The number of rotatable bonds is 2.